The number of rotatable bonds is 5. The van der Waals surface area contributed by atoms with Crippen molar-refractivity contribution in [2.45, 2.75) is 45.6 Å². The molecule has 1 fully saturated rings. The lowest BCUT2D eigenvalue weighted by Crippen LogP contribution is -2.36. The average molecular weight is 261 g/mol. The molecule has 2 rings (SSSR count). The maximum atomic E-state index is 6.34. The molecule has 4 unspecified atom stereocenters. The van der Waals surface area contributed by atoms with Gasteiger partial charge in [0.05, 0.1) is 6.61 Å². The minimum atomic E-state index is 0.290. The van der Waals surface area contributed by atoms with E-state index in [1.807, 2.05) is 30.3 Å². The van der Waals surface area contributed by atoms with Crippen LogP contribution in [0.3, 0.4) is 0 Å². The molecule has 0 bridgehead atoms. The van der Waals surface area contributed by atoms with Crippen LogP contribution < -0.4 is 10.5 Å². The maximum absolute atomic E-state index is 6.34. The number of hydrogen-bond acceptors (Lipinski definition) is 2. The van der Waals surface area contributed by atoms with Gasteiger partial charge in [-0.3, -0.25) is 0 Å². The van der Waals surface area contributed by atoms with Crippen molar-refractivity contribution in [3.8, 4) is 5.75 Å². The molecule has 1 saturated carbocycles. The normalized spacial score (nSPS) is 28.9. The van der Waals surface area contributed by atoms with E-state index in [0.29, 0.717) is 12.0 Å². The SMILES string of the molecule is CC1CCC(C(N)CCOc2ccccc2)CC1C. The van der Waals surface area contributed by atoms with Gasteiger partial charge < -0.3 is 10.5 Å². The third kappa shape index (κ3) is 4.24. The van der Waals surface area contributed by atoms with Crippen molar-refractivity contribution in [1.82, 2.24) is 0 Å². The molecule has 1 aromatic rings. The molecule has 0 aliphatic heterocycles. The van der Waals surface area contributed by atoms with Crippen LogP contribution >= 0.6 is 0 Å². The summed E-state index contributed by atoms with van der Waals surface area (Å²) in [6.45, 7) is 5.46. The zero-order valence-electron chi connectivity index (χ0n) is 12.2. The first-order valence-electron chi connectivity index (χ1n) is 7.60. The Bertz CT molecular complexity index is 365. The van der Waals surface area contributed by atoms with E-state index in [4.69, 9.17) is 10.5 Å². The van der Waals surface area contributed by atoms with Gasteiger partial charge in [-0.2, -0.15) is 0 Å². The van der Waals surface area contributed by atoms with Crippen molar-refractivity contribution >= 4 is 0 Å². The molecule has 2 heteroatoms. The zero-order valence-corrected chi connectivity index (χ0v) is 12.2. The van der Waals surface area contributed by atoms with Crippen LogP contribution in [0.1, 0.15) is 39.5 Å². The lowest BCUT2D eigenvalue weighted by molar-refractivity contribution is 0.171. The highest BCUT2D eigenvalue weighted by Crippen LogP contribution is 2.35. The Morgan fingerprint density at radius 1 is 1.16 bits per heavy atom. The van der Waals surface area contributed by atoms with E-state index in [1.54, 1.807) is 0 Å². The summed E-state index contributed by atoms with van der Waals surface area (Å²) >= 11 is 0. The molecular weight excluding hydrogens is 234 g/mol. The number of para-hydroxylation sites is 1. The minimum absolute atomic E-state index is 0.290. The van der Waals surface area contributed by atoms with Gasteiger partial charge in [0.1, 0.15) is 5.75 Å². The maximum Gasteiger partial charge on any atom is 0.119 e. The van der Waals surface area contributed by atoms with Gasteiger partial charge >= 0.3 is 0 Å². The Kier molecular flexibility index (Phi) is 5.26. The second-order valence-corrected chi connectivity index (χ2v) is 6.14. The molecule has 1 aliphatic carbocycles. The molecule has 0 radical (unpaired) electrons. The quantitative estimate of drug-likeness (QED) is 0.873. The smallest absolute Gasteiger partial charge is 0.119 e. The van der Waals surface area contributed by atoms with Gasteiger partial charge in [0.2, 0.25) is 0 Å². The monoisotopic (exact) mass is 261 g/mol. The van der Waals surface area contributed by atoms with Gasteiger partial charge in [0.25, 0.3) is 0 Å². The summed E-state index contributed by atoms with van der Waals surface area (Å²) in [5, 5.41) is 0. The topological polar surface area (TPSA) is 35.2 Å². The fraction of sp³-hybridized carbons (Fsp3) is 0.647. The van der Waals surface area contributed by atoms with Gasteiger partial charge in [-0.25, -0.2) is 0 Å². The molecule has 19 heavy (non-hydrogen) atoms. The molecule has 0 aromatic heterocycles. The predicted octanol–water partition coefficient (Wildman–Crippen LogP) is 3.86. The Balaban J connectivity index is 1.71. The average Bonchev–Trinajstić information content (AvgIpc) is 2.43. The fourth-order valence-corrected chi connectivity index (χ4v) is 3.04. The van der Waals surface area contributed by atoms with Crippen molar-refractivity contribution in [3.63, 3.8) is 0 Å². The molecule has 0 heterocycles. The van der Waals surface area contributed by atoms with Crippen LogP contribution in [-0.2, 0) is 0 Å². The van der Waals surface area contributed by atoms with E-state index in [0.717, 1.165) is 30.6 Å². The van der Waals surface area contributed by atoms with E-state index >= 15 is 0 Å². The van der Waals surface area contributed by atoms with Gasteiger partial charge in [-0.1, -0.05) is 38.5 Å². The molecule has 106 valence electrons. The number of hydrogen-bond donors (Lipinski definition) is 1. The van der Waals surface area contributed by atoms with Crippen molar-refractivity contribution in [3.05, 3.63) is 30.3 Å². The second kappa shape index (κ2) is 6.95. The lowest BCUT2D eigenvalue weighted by Gasteiger charge is -2.35. The molecule has 0 spiro atoms. The lowest BCUT2D eigenvalue weighted by atomic mass is 9.73. The van der Waals surface area contributed by atoms with Crippen LogP contribution in [0.2, 0.25) is 0 Å². The van der Waals surface area contributed by atoms with E-state index in [-0.39, 0.29) is 0 Å². The summed E-state index contributed by atoms with van der Waals surface area (Å²) in [6, 6.07) is 10.3. The van der Waals surface area contributed by atoms with Crippen molar-refractivity contribution in [2.24, 2.45) is 23.5 Å². The standard InChI is InChI=1S/C17H27NO/c1-13-8-9-15(12-14(13)2)17(18)10-11-19-16-6-4-3-5-7-16/h3-7,13-15,17H,8-12,18H2,1-2H3. The summed E-state index contributed by atoms with van der Waals surface area (Å²) in [6.07, 6.45) is 4.87. The fourth-order valence-electron chi connectivity index (χ4n) is 3.04. The Hall–Kier alpha value is -1.02. The van der Waals surface area contributed by atoms with E-state index < -0.39 is 0 Å². The summed E-state index contributed by atoms with van der Waals surface area (Å²) in [5.74, 6) is 3.31. The van der Waals surface area contributed by atoms with Crippen molar-refractivity contribution in [1.29, 1.82) is 0 Å². The zero-order chi connectivity index (χ0) is 13.7. The van der Waals surface area contributed by atoms with Crippen LogP contribution in [0.5, 0.6) is 5.75 Å². The third-order valence-corrected chi connectivity index (χ3v) is 4.71. The van der Waals surface area contributed by atoms with Crippen LogP contribution in [0, 0.1) is 17.8 Å². The van der Waals surface area contributed by atoms with E-state index in [2.05, 4.69) is 13.8 Å². The molecule has 4 atom stereocenters. The number of benzene rings is 1. The molecule has 2 N–H and O–H groups in total. The number of nitrogens with two attached hydrogens (primary N) is 1. The summed E-state index contributed by atoms with van der Waals surface area (Å²) in [4.78, 5) is 0. The van der Waals surface area contributed by atoms with Gasteiger partial charge in [0, 0.05) is 6.04 Å². The highest BCUT2D eigenvalue weighted by Gasteiger charge is 2.28. The first kappa shape index (κ1) is 14.4. The molecular formula is C17H27NO. The molecule has 1 aromatic carbocycles. The first-order valence-corrected chi connectivity index (χ1v) is 7.60. The summed E-state index contributed by atoms with van der Waals surface area (Å²) in [5.41, 5.74) is 6.34. The van der Waals surface area contributed by atoms with Crippen LogP contribution in [0.25, 0.3) is 0 Å². The minimum Gasteiger partial charge on any atom is -0.494 e. The Labute approximate surface area is 117 Å². The van der Waals surface area contributed by atoms with Crippen molar-refractivity contribution in [2.75, 3.05) is 6.61 Å². The first-order chi connectivity index (χ1) is 9.16. The van der Waals surface area contributed by atoms with Gasteiger partial charge in [-0.15, -0.1) is 0 Å². The Morgan fingerprint density at radius 3 is 2.58 bits per heavy atom. The van der Waals surface area contributed by atoms with Crippen molar-refractivity contribution < 1.29 is 4.74 Å². The highest BCUT2D eigenvalue weighted by atomic mass is 16.5. The third-order valence-electron chi connectivity index (χ3n) is 4.71. The molecule has 1 aliphatic rings. The van der Waals surface area contributed by atoms with Crippen LogP contribution in [0.4, 0.5) is 0 Å². The van der Waals surface area contributed by atoms with E-state index in [1.165, 1.54) is 19.3 Å². The van der Waals surface area contributed by atoms with Crippen LogP contribution in [0.15, 0.2) is 30.3 Å². The molecule has 0 amide bonds. The summed E-state index contributed by atoms with van der Waals surface area (Å²) in [7, 11) is 0. The number of ether oxygens (including phenoxy) is 1. The predicted molar refractivity (Wildman–Crippen MR) is 80.2 cm³/mol. The highest BCUT2D eigenvalue weighted by molar-refractivity contribution is 5.20. The van der Waals surface area contributed by atoms with E-state index in [9.17, 15) is 0 Å². The Morgan fingerprint density at radius 2 is 1.89 bits per heavy atom. The second-order valence-electron chi connectivity index (χ2n) is 6.14. The molecule has 2 nitrogen and oxygen atoms in total. The largest absolute Gasteiger partial charge is 0.494 e. The van der Waals surface area contributed by atoms with Gasteiger partial charge in [0.15, 0.2) is 0 Å². The van der Waals surface area contributed by atoms with Gasteiger partial charge in [-0.05, 0) is 49.1 Å². The summed E-state index contributed by atoms with van der Waals surface area (Å²) < 4.78 is 5.74. The van der Waals surface area contributed by atoms with Crippen LogP contribution in [-0.4, -0.2) is 12.6 Å². The molecule has 0 saturated heterocycles.